The third kappa shape index (κ3) is 7.39. The average molecular weight is 708 g/mol. The number of esters is 1. The number of carbonyl (C=O) groups excluding carboxylic acids is 2. The molecule has 0 radical (unpaired) electrons. The summed E-state index contributed by atoms with van der Waals surface area (Å²) >= 11 is 0. The lowest BCUT2D eigenvalue weighted by Gasteiger charge is -2.42. The minimum absolute atomic E-state index is 0.00129. The first-order chi connectivity index (χ1) is 23.1. The number of benzene rings is 2. The Bertz CT molecular complexity index is 1940. The highest BCUT2D eigenvalue weighted by atomic mass is 31.2. The molecule has 1 aromatic heterocycles. The van der Waals surface area contributed by atoms with Crippen LogP contribution < -0.4 is 20.0 Å². The van der Waals surface area contributed by atoms with Gasteiger partial charge < -0.3 is 38.6 Å². The van der Waals surface area contributed by atoms with E-state index in [0.717, 1.165) is 29.9 Å². The van der Waals surface area contributed by atoms with E-state index < -0.39 is 66.8 Å². The molecular weight excluding hydrogens is 675 g/mol. The number of anilines is 2. The van der Waals surface area contributed by atoms with Gasteiger partial charge in [-0.25, -0.2) is 22.9 Å². The van der Waals surface area contributed by atoms with Gasteiger partial charge in [-0.15, -0.1) is 0 Å². The normalized spacial score (nSPS) is 19.2. The molecule has 2 saturated heterocycles. The third-order valence-corrected chi connectivity index (χ3v) is 9.29. The first-order valence-corrected chi connectivity index (χ1v) is 16.8. The zero-order chi connectivity index (χ0) is 35.2. The number of carboxylic acids is 1. The molecule has 2 aromatic carbocycles. The fourth-order valence-corrected chi connectivity index (χ4v) is 6.83. The van der Waals surface area contributed by atoms with Crippen molar-refractivity contribution in [3.8, 4) is 5.75 Å². The van der Waals surface area contributed by atoms with Gasteiger partial charge in [0, 0.05) is 43.7 Å². The van der Waals surface area contributed by atoms with Crippen molar-refractivity contribution in [3.63, 3.8) is 0 Å². The van der Waals surface area contributed by atoms with Gasteiger partial charge in [-0.2, -0.15) is 0 Å². The number of aromatic carboxylic acids is 1. The number of halogens is 2. The SMILES string of the molecule is CC(=O)OC[C@H]1CN(c2ccc(OCC3(OP(=O)(O)O)CCN(c4cc5c(cc4F)c(=O)c(C(=O)O)cn5C4CC4)CC3)c(F)c2)C(=O)O1. The van der Waals surface area contributed by atoms with Gasteiger partial charge in [0.2, 0.25) is 5.43 Å². The van der Waals surface area contributed by atoms with E-state index in [4.69, 9.17) is 18.7 Å². The Labute approximate surface area is 276 Å². The molecule has 1 aliphatic carbocycles. The summed E-state index contributed by atoms with van der Waals surface area (Å²) < 4.78 is 65.2. The molecule has 0 bridgehead atoms. The van der Waals surface area contributed by atoms with E-state index in [9.17, 15) is 38.6 Å². The zero-order valence-electron chi connectivity index (χ0n) is 26.0. The van der Waals surface area contributed by atoms with E-state index in [1.54, 1.807) is 9.47 Å². The topological polar surface area (TPSA) is 194 Å². The van der Waals surface area contributed by atoms with Crippen LogP contribution >= 0.6 is 7.82 Å². The molecule has 1 saturated carbocycles. The Kier molecular flexibility index (Phi) is 9.13. The molecule has 0 unspecified atom stereocenters. The Hall–Kier alpha value is -4.57. The monoisotopic (exact) mass is 707 g/mol. The summed E-state index contributed by atoms with van der Waals surface area (Å²) in [4.78, 5) is 70.1. The number of pyridine rings is 1. The number of nitrogens with zero attached hydrogens (tertiary/aromatic N) is 3. The van der Waals surface area contributed by atoms with E-state index >= 15 is 8.78 Å². The first-order valence-electron chi connectivity index (χ1n) is 15.3. The van der Waals surface area contributed by atoms with Gasteiger partial charge in [0.05, 0.1) is 23.4 Å². The van der Waals surface area contributed by atoms with E-state index in [2.05, 4.69) is 0 Å². The third-order valence-electron chi connectivity index (χ3n) is 8.66. The molecule has 49 heavy (non-hydrogen) atoms. The Morgan fingerprint density at radius 2 is 1.80 bits per heavy atom. The summed E-state index contributed by atoms with van der Waals surface area (Å²) in [6, 6.07) is 6.07. The number of cyclic esters (lactones) is 1. The van der Waals surface area contributed by atoms with Crippen molar-refractivity contribution in [1.29, 1.82) is 0 Å². The Morgan fingerprint density at radius 1 is 1.08 bits per heavy atom. The number of ether oxygens (including phenoxy) is 3. The largest absolute Gasteiger partial charge is 0.487 e. The summed E-state index contributed by atoms with van der Waals surface area (Å²) in [6.45, 7) is 0.613. The minimum atomic E-state index is -5.08. The molecule has 262 valence electrons. The fourth-order valence-electron chi connectivity index (χ4n) is 6.09. The highest BCUT2D eigenvalue weighted by Crippen LogP contribution is 2.46. The molecule has 1 atom stereocenters. The molecule has 0 spiro atoms. The van der Waals surface area contributed by atoms with Crippen LogP contribution in [0.4, 0.5) is 25.0 Å². The maximum atomic E-state index is 15.5. The number of amides is 1. The maximum Gasteiger partial charge on any atom is 0.470 e. The van der Waals surface area contributed by atoms with Gasteiger partial charge >= 0.3 is 25.9 Å². The standard InChI is InChI=1S/C31H32F2N3O12P/c1-17(37)45-15-20-13-36(30(41)47-20)19-4-5-27(24(33)10-19)46-16-31(48-49(42,43)44)6-8-34(9-7-31)26-12-25-21(11-23(26)32)28(38)22(29(39)40)14-35(25)18-2-3-18/h4-5,10-12,14,18,20H,2-3,6-9,13,15-16H2,1H3,(H,39,40)(H2,42,43,44)/t20-/m1/s1. The second-order valence-electron chi connectivity index (χ2n) is 12.2. The summed E-state index contributed by atoms with van der Waals surface area (Å²) in [5, 5.41) is 9.43. The lowest BCUT2D eigenvalue weighted by atomic mass is 9.92. The van der Waals surface area contributed by atoms with Crippen molar-refractivity contribution in [1.82, 2.24) is 4.57 Å². The zero-order valence-corrected chi connectivity index (χ0v) is 26.9. The summed E-state index contributed by atoms with van der Waals surface area (Å²) in [7, 11) is -5.08. The van der Waals surface area contributed by atoms with Crippen LogP contribution in [-0.2, 0) is 23.4 Å². The van der Waals surface area contributed by atoms with Crippen molar-refractivity contribution < 1.29 is 61.4 Å². The number of carbonyl (C=O) groups is 3. The second-order valence-corrected chi connectivity index (χ2v) is 13.4. The van der Waals surface area contributed by atoms with Crippen molar-refractivity contribution in [2.45, 2.75) is 50.4 Å². The molecule has 3 N–H and O–H groups in total. The van der Waals surface area contributed by atoms with Crippen LogP contribution in [-0.4, -0.2) is 82.0 Å². The van der Waals surface area contributed by atoms with Gasteiger partial charge in [0.1, 0.15) is 30.2 Å². The minimum Gasteiger partial charge on any atom is -0.487 e. The first kappa shape index (κ1) is 34.3. The van der Waals surface area contributed by atoms with Crippen LogP contribution in [0.5, 0.6) is 5.75 Å². The maximum absolute atomic E-state index is 15.5. The van der Waals surface area contributed by atoms with Crippen LogP contribution in [0.3, 0.4) is 0 Å². The van der Waals surface area contributed by atoms with Crippen molar-refractivity contribution in [3.05, 3.63) is 63.9 Å². The molecular formula is C31H32F2N3O12P. The second kappa shape index (κ2) is 13.0. The van der Waals surface area contributed by atoms with Crippen LogP contribution in [0, 0.1) is 11.6 Å². The molecule has 6 rings (SSSR count). The number of rotatable bonds is 11. The highest BCUT2D eigenvalue weighted by molar-refractivity contribution is 7.46. The van der Waals surface area contributed by atoms with E-state index in [-0.39, 0.29) is 67.6 Å². The smallest absolute Gasteiger partial charge is 0.470 e. The summed E-state index contributed by atoms with van der Waals surface area (Å²) in [5.74, 6) is -3.92. The van der Waals surface area contributed by atoms with Crippen molar-refractivity contribution >= 4 is 48.1 Å². The van der Waals surface area contributed by atoms with Gasteiger partial charge in [-0.3, -0.25) is 19.0 Å². The lowest BCUT2D eigenvalue weighted by Crippen LogP contribution is -2.49. The number of fused-ring (bicyclic) bond motifs is 1. The van der Waals surface area contributed by atoms with E-state index in [1.165, 1.54) is 31.3 Å². The molecule has 1 amide bonds. The number of hydrogen-bond donors (Lipinski definition) is 3. The Balaban J connectivity index is 1.18. The van der Waals surface area contributed by atoms with Crippen LogP contribution in [0.15, 0.2) is 41.3 Å². The highest BCUT2D eigenvalue weighted by Gasteiger charge is 2.43. The number of carboxylic acid groups (broad SMARTS) is 1. The van der Waals surface area contributed by atoms with E-state index in [0.29, 0.717) is 5.52 Å². The van der Waals surface area contributed by atoms with Gasteiger partial charge in [0.15, 0.2) is 17.7 Å². The molecule has 18 heteroatoms. The number of aromatic nitrogens is 1. The van der Waals surface area contributed by atoms with Crippen LogP contribution in [0.25, 0.3) is 10.9 Å². The average Bonchev–Trinajstić information content (AvgIpc) is 3.80. The van der Waals surface area contributed by atoms with Gasteiger partial charge in [0.25, 0.3) is 0 Å². The van der Waals surface area contributed by atoms with Crippen molar-refractivity contribution in [2.75, 3.05) is 42.6 Å². The van der Waals surface area contributed by atoms with E-state index in [1.807, 2.05) is 0 Å². The van der Waals surface area contributed by atoms with Gasteiger partial charge in [-0.05, 0) is 49.9 Å². The molecule has 3 aliphatic rings. The molecule has 3 aromatic rings. The molecule has 15 nitrogen and oxygen atoms in total. The van der Waals surface area contributed by atoms with Crippen molar-refractivity contribution in [2.24, 2.45) is 0 Å². The number of phosphoric ester groups is 1. The van der Waals surface area contributed by atoms with Crippen LogP contribution in [0.2, 0.25) is 0 Å². The quantitative estimate of drug-likeness (QED) is 0.193. The number of phosphoric acid groups is 1. The Morgan fingerprint density at radius 3 is 2.41 bits per heavy atom. The van der Waals surface area contributed by atoms with Crippen LogP contribution in [0.1, 0.15) is 49.0 Å². The molecule has 2 aliphatic heterocycles. The summed E-state index contributed by atoms with van der Waals surface area (Å²) in [6.07, 6.45) is 1.13. The number of piperidine rings is 1. The lowest BCUT2D eigenvalue weighted by molar-refractivity contribution is -0.143. The number of hydrogen-bond acceptors (Lipinski definition) is 10. The fraction of sp³-hybridized carbons (Fsp3) is 0.419. The predicted octanol–water partition coefficient (Wildman–Crippen LogP) is 3.73. The van der Waals surface area contributed by atoms with Gasteiger partial charge in [-0.1, -0.05) is 0 Å². The molecule has 3 heterocycles. The summed E-state index contributed by atoms with van der Waals surface area (Å²) in [5.41, 5.74) is -2.27. The predicted molar refractivity (Wildman–Crippen MR) is 167 cm³/mol. The molecule has 3 fully saturated rings.